The first kappa shape index (κ1) is 14.5. The van der Waals surface area contributed by atoms with Crippen molar-refractivity contribution < 1.29 is 10.0 Å². The number of nitrogens with zero attached hydrogens (tertiary/aromatic N) is 2. The van der Waals surface area contributed by atoms with Crippen molar-refractivity contribution in [2.24, 2.45) is 16.8 Å². The van der Waals surface area contributed by atoms with Gasteiger partial charge in [0.25, 0.3) is 5.69 Å². The number of hydrogen-bond acceptors (Lipinski definition) is 4. The number of phenolic OH excluding ortho intramolecular Hbond substituents is 1. The maximum Gasteiger partial charge on any atom is 0.270 e. The molecule has 5 nitrogen and oxygen atoms in total. The van der Waals surface area contributed by atoms with Crippen LogP contribution in [0.2, 0.25) is 0 Å². The molecule has 1 saturated carbocycles. The van der Waals surface area contributed by atoms with Crippen LogP contribution in [0.4, 0.5) is 5.69 Å². The van der Waals surface area contributed by atoms with Gasteiger partial charge < -0.3 is 5.11 Å². The number of aliphatic imine (C=N–C) groups is 1. The minimum atomic E-state index is -0.470. The molecule has 1 aromatic carbocycles. The molecule has 0 aliphatic heterocycles. The number of nitro benzene ring substituents is 1. The summed E-state index contributed by atoms with van der Waals surface area (Å²) in [5.74, 6) is 1.17. The fourth-order valence-corrected chi connectivity index (χ4v) is 2.70. The molecular weight excluding hydrogens is 256 g/mol. The monoisotopic (exact) mass is 276 g/mol. The van der Waals surface area contributed by atoms with Crippen LogP contribution < -0.4 is 0 Å². The summed E-state index contributed by atoms with van der Waals surface area (Å²) in [5.41, 5.74) is 0.374. The van der Waals surface area contributed by atoms with Gasteiger partial charge in [-0.1, -0.05) is 26.7 Å². The molecule has 1 aliphatic rings. The second kappa shape index (κ2) is 6.03. The van der Waals surface area contributed by atoms with Gasteiger partial charge in [-0.2, -0.15) is 0 Å². The van der Waals surface area contributed by atoms with E-state index in [1.165, 1.54) is 24.6 Å². The van der Waals surface area contributed by atoms with Gasteiger partial charge in [0.1, 0.15) is 5.75 Å². The molecule has 0 radical (unpaired) electrons. The van der Waals surface area contributed by atoms with Crippen LogP contribution in [0.15, 0.2) is 23.2 Å². The van der Waals surface area contributed by atoms with Crippen molar-refractivity contribution in [1.82, 2.24) is 0 Å². The Balaban J connectivity index is 2.18. The predicted molar refractivity (Wildman–Crippen MR) is 78.3 cm³/mol. The molecule has 1 aromatic rings. The van der Waals surface area contributed by atoms with Gasteiger partial charge in [0, 0.05) is 23.9 Å². The fourth-order valence-electron chi connectivity index (χ4n) is 2.70. The maximum atomic E-state index is 10.7. The SMILES string of the molecule is C[C@H]1[C@@H](N=Cc2cc([N+](=O)[O-])ccc2O)CCC[C@@H]1C. The van der Waals surface area contributed by atoms with Gasteiger partial charge in [-0.3, -0.25) is 15.1 Å². The quantitative estimate of drug-likeness (QED) is 0.521. The fraction of sp³-hybridized carbons (Fsp3) is 0.533. The molecule has 5 heteroatoms. The van der Waals surface area contributed by atoms with Gasteiger partial charge in [0.2, 0.25) is 0 Å². The molecule has 1 N–H and O–H groups in total. The Morgan fingerprint density at radius 2 is 2.15 bits per heavy atom. The van der Waals surface area contributed by atoms with Crippen molar-refractivity contribution in [3.8, 4) is 5.75 Å². The summed E-state index contributed by atoms with van der Waals surface area (Å²) in [6.07, 6.45) is 5.00. The topological polar surface area (TPSA) is 75.7 Å². The molecule has 0 heterocycles. The molecule has 0 amide bonds. The number of phenols is 1. The van der Waals surface area contributed by atoms with E-state index in [1.807, 2.05) is 0 Å². The average molecular weight is 276 g/mol. The Hall–Kier alpha value is -1.91. The third-order valence-electron chi connectivity index (χ3n) is 4.29. The Morgan fingerprint density at radius 3 is 2.85 bits per heavy atom. The van der Waals surface area contributed by atoms with Gasteiger partial charge in [-0.05, 0) is 24.3 Å². The highest BCUT2D eigenvalue weighted by molar-refractivity contribution is 5.84. The summed E-state index contributed by atoms with van der Waals surface area (Å²) in [4.78, 5) is 14.8. The van der Waals surface area contributed by atoms with Crippen molar-refractivity contribution in [2.45, 2.75) is 39.2 Å². The Kier molecular flexibility index (Phi) is 4.37. The van der Waals surface area contributed by atoms with E-state index < -0.39 is 4.92 Å². The molecule has 1 aliphatic carbocycles. The smallest absolute Gasteiger partial charge is 0.270 e. The molecule has 108 valence electrons. The molecule has 3 atom stereocenters. The van der Waals surface area contributed by atoms with Crippen LogP contribution in [0.25, 0.3) is 0 Å². The largest absolute Gasteiger partial charge is 0.507 e. The highest BCUT2D eigenvalue weighted by Gasteiger charge is 2.26. The van der Waals surface area contributed by atoms with E-state index in [-0.39, 0.29) is 17.5 Å². The van der Waals surface area contributed by atoms with Crippen LogP contribution in [0, 0.1) is 22.0 Å². The predicted octanol–water partition coefficient (Wildman–Crippen LogP) is 3.54. The van der Waals surface area contributed by atoms with Crippen LogP contribution in [0.1, 0.15) is 38.7 Å². The molecular formula is C15H20N2O3. The summed E-state index contributed by atoms with van der Waals surface area (Å²) in [6, 6.07) is 4.22. The van der Waals surface area contributed by atoms with Crippen LogP contribution in [-0.2, 0) is 0 Å². The van der Waals surface area contributed by atoms with Crippen molar-refractivity contribution in [1.29, 1.82) is 0 Å². The zero-order valence-electron chi connectivity index (χ0n) is 11.8. The molecule has 1 fully saturated rings. The van der Waals surface area contributed by atoms with Crippen LogP contribution in [0.3, 0.4) is 0 Å². The number of benzene rings is 1. The second-order valence-electron chi connectivity index (χ2n) is 5.61. The van der Waals surface area contributed by atoms with E-state index in [2.05, 4.69) is 18.8 Å². The summed E-state index contributed by atoms with van der Waals surface area (Å²) in [7, 11) is 0. The van der Waals surface area contributed by atoms with Crippen LogP contribution >= 0.6 is 0 Å². The summed E-state index contributed by atoms with van der Waals surface area (Å²) in [5, 5.41) is 20.5. The lowest BCUT2D eigenvalue weighted by molar-refractivity contribution is -0.384. The summed E-state index contributed by atoms with van der Waals surface area (Å²) < 4.78 is 0. The molecule has 2 rings (SSSR count). The van der Waals surface area contributed by atoms with E-state index in [0.29, 0.717) is 17.4 Å². The molecule has 0 spiro atoms. The first-order chi connectivity index (χ1) is 9.49. The molecule has 0 aromatic heterocycles. The minimum Gasteiger partial charge on any atom is -0.507 e. The van der Waals surface area contributed by atoms with Gasteiger partial charge in [0.15, 0.2) is 0 Å². The van der Waals surface area contributed by atoms with Crippen molar-refractivity contribution in [2.75, 3.05) is 0 Å². The number of rotatable bonds is 3. The van der Waals surface area contributed by atoms with Crippen molar-refractivity contribution in [3.63, 3.8) is 0 Å². The maximum absolute atomic E-state index is 10.7. The second-order valence-corrected chi connectivity index (χ2v) is 5.61. The number of nitro groups is 1. The molecule has 0 bridgehead atoms. The van der Waals surface area contributed by atoms with Crippen LogP contribution in [-0.4, -0.2) is 22.3 Å². The van der Waals surface area contributed by atoms with Crippen LogP contribution in [0.5, 0.6) is 5.75 Å². The standard InChI is InChI=1S/C15H20N2O3/c1-10-4-3-5-14(11(10)2)16-9-12-8-13(17(19)20)6-7-15(12)18/h6-11,14,18H,3-5H2,1-2H3/t10-,11+,14-/m0/s1. The van der Waals surface area contributed by atoms with Gasteiger partial charge in [-0.25, -0.2) is 0 Å². The Morgan fingerprint density at radius 1 is 1.40 bits per heavy atom. The highest BCUT2D eigenvalue weighted by Crippen LogP contribution is 2.31. The van der Waals surface area contributed by atoms with Gasteiger partial charge in [0.05, 0.1) is 11.0 Å². The number of non-ortho nitro benzene ring substituents is 1. The normalized spacial score (nSPS) is 26.8. The van der Waals surface area contributed by atoms with E-state index in [1.54, 1.807) is 6.21 Å². The van der Waals surface area contributed by atoms with Crippen molar-refractivity contribution >= 4 is 11.9 Å². The lowest BCUT2D eigenvalue weighted by Crippen LogP contribution is -2.27. The van der Waals surface area contributed by atoms with E-state index in [9.17, 15) is 15.2 Å². The molecule has 20 heavy (non-hydrogen) atoms. The van der Waals surface area contributed by atoms with E-state index in [4.69, 9.17) is 0 Å². The summed E-state index contributed by atoms with van der Waals surface area (Å²) >= 11 is 0. The lowest BCUT2D eigenvalue weighted by atomic mass is 9.78. The number of aromatic hydroxyl groups is 1. The zero-order valence-corrected chi connectivity index (χ0v) is 11.8. The summed E-state index contributed by atoms with van der Waals surface area (Å²) in [6.45, 7) is 4.43. The lowest BCUT2D eigenvalue weighted by Gasteiger charge is -2.31. The Bertz CT molecular complexity index is 528. The van der Waals surface area contributed by atoms with E-state index >= 15 is 0 Å². The number of hydrogen-bond donors (Lipinski definition) is 1. The Labute approximate surface area is 118 Å². The van der Waals surface area contributed by atoms with Crippen molar-refractivity contribution in [3.05, 3.63) is 33.9 Å². The molecule has 0 unspecified atom stereocenters. The first-order valence-corrected chi connectivity index (χ1v) is 6.99. The van der Waals surface area contributed by atoms with Gasteiger partial charge in [-0.15, -0.1) is 0 Å². The van der Waals surface area contributed by atoms with E-state index in [0.717, 1.165) is 12.8 Å². The third kappa shape index (κ3) is 3.15. The van der Waals surface area contributed by atoms with Gasteiger partial charge >= 0.3 is 0 Å². The minimum absolute atomic E-state index is 0.0239. The average Bonchev–Trinajstić information content (AvgIpc) is 2.41. The first-order valence-electron chi connectivity index (χ1n) is 6.99. The third-order valence-corrected chi connectivity index (χ3v) is 4.29. The zero-order chi connectivity index (χ0) is 14.7. The molecule has 0 saturated heterocycles. The highest BCUT2D eigenvalue weighted by atomic mass is 16.6.